The molecule has 206 valence electrons. The van der Waals surface area contributed by atoms with Crippen LogP contribution < -0.4 is 5.32 Å². The predicted molar refractivity (Wildman–Crippen MR) is 131 cm³/mol. The molecule has 0 radical (unpaired) electrons. The summed E-state index contributed by atoms with van der Waals surface area (Å²) >= 11 is 11.7. The highest BCUT2D eigenvalue weighted by atomic mass is 35.5. The molecule has 15 heteroatoms. The van der Waals surface area contributed by atoms with Gasteiger partial charge in [-0.05, 0) is 30.2 Å². The van der Waals surface area contributed by atoms with Crippen LogP contribution in [0.5, 0.6) is 0 Å². The molecule has 2 amide bonds. The van der Waals surface area contributed by atoms with E-state index in [0.717, 1.165) is 17.0 Å². The second kappa shape index (κ2) is 8.63. The molecule has 3 unspecified atom stereocenters. The molecule has 39 heavy (non-hydrogen) atoms. The maximum atomic E-state index is 14.7. The Balaban J connectivity index is 1.39. The van der Waals surface area contributed by atoms with Gasteiger partial charge in [0.1, 0.15) is 28.2 Å². The van der Waals surface area contributed by atoms with Crippen molar-refractivity contribution in [2.24, 2.45) is 11.1 Å². The van der Waals surface area contributed by atoms with Crippen molar-refractivity contribution in [3.63, 3.8) is 0 Å². The maximum absolute atomic E-state index is 14.7. The molecule has 2 fully saturated rings. The molecule has 4 aliphatic rings. The fourth-order valence-corrected chi connectivity index (χ4v) is 7.32. The van der Waals surface area contributed by atoms with Gasteiger partial charge in [-0.25, -0.2) is 12.8 Å². The number of hydrogen-bond acceptors (Lipinski definition) is 7. The van der Waals surface area contributed by atoms with Gasteiger partial charge in [0.25, 0.3) is 5.91 Å². The Labute approximate surface area is 228 Å². The second-order valence-electron chi connectivity index (χ2n) is 9.83. The number of imide groups is 1. The molecule has 1 spiro atoms. The number of alkyl halides is 3. The van der Waals surface area contributed by atoms with Gasteiger partial charge in [0.05, 0.1) is 10.8 Å². The van der Waals surface area contributed by atoms with E-state index < -0.39 is 72.8 Å². The van der Waals surface area contributed by atoms with Crippen molar-refractivity contribution in [1.29, 1.82) is 0 Å². The number of carbonyl (C=O) groups is 2. The average molecular weight is 606 g/mol. The molecule has 8 nitrogen and oxygen atoms in total. The van der Waals surface area contributed by atoms with E-state index >= 15 is 0 Å². The Morgan fingerprint density at radius 2 is 1.90 bits per heavy atom. The summed E-state index contributed by atoms with van der Waals surface area (Å²) in [4.78, 5) is 32.6. The van der Waals surface area contributed by atoms with Gasteiger partial charge in [-0.2, -0.15) is 13.2 Å². The normalized spacial score (nSPS) is 26.5. The lowest BCUT2D eigenvalue weighted by atomic mass is 9.82. The van der Waals surface area contributed by atoms with Crippen molar-refractivity contribution < 1.29 is 40.4 Å². The fraction of sp³-hybridized carbons (Fsp3) is 0.375. The van der Waals surface area contributed by atoms with Gasteiger partial charge < -0.3 is 10.2 Å². The number of benzene rings is 2. The summed E-state index contributed by atoms with van der Waals surface area (Å²) in [6.45, 7) is 0.325. The number of fused-ring (bicyclic) bond motifs is 2. The van der Waals surface area contributed by atoms with Crippen LogP contribution in [0.15, 0.2) is 35.5 Å². The summed E-state index contributed by atoms with van der Waals surface area (Å²) in [5.74, 6) is -5.40. The monoisotopic (exact) mass is 605 g/mol. The lowest BCUT2D eigenvalue weighted by Crippen LogP contribution is -2.68. The highest BCUT2D eigenvalue weighted by Crippen LogP contribution is 2.48. The van der Waals surface area contributed by atoms with E-state index in [1.165, 1.54) is 18.2 Å². The van der Waals surface area contributed by atoms with Crippen LogP contribution in [0, 0.1) is 11.7 Å². The smallest absolute Gasteiger partial charge is 0.386 e. The largest absolute Gasteiger partial charge is 0.401 e. The van der Waals surface area contributed by atoms with Crippen LogP contribution in [0.2, 0.25) is 10.0 Å². The van der Waals surface area contributed by atoms with Crippen LogP contribution in [0.25, 0.3) is 0 Å². The molecule has 0 aliphatic carbocycles. The van der Waals surface area contributed by atoms with Crippen LogP contribution in [-0.4, -0.2) is 61.1 Å². The number of nitrogens with zero attached hydrogens (tertiary/aromatic N) is 2. The first kappa shape index (κ1) is 26.5. The maximum Gasteiger partial charge on any atom is 0.401 e. The van der Waals surface area contributed by atoms with Crippen molar-refractivity contribution >= 4 is 50.6 Å². The lowest BCUT2D eigenvalue weighted by molar-refractivity contribution is -0.178. The third kappa shape index (κ3) is 3.80. The van der Waals surface area contributed by atoms with E-state index in [2.05, 4.69) is 10.5 Å². The molecular weight excluding hydrogens is 589 g/mol. The minimum atomic E-state index is -4.95. The van der Waals surface area contributed by atoms with Gasteiger partial charge in [-0.15, -0.1) is 0 Å². The highest BCUT2D eigenvalue weighted by molar-refractivity contribution is 7.94. The van der Waals surface area contributed by atoms with Gasteiger partial charge in [-0.1, -0.05) is 40.5 Å². The Hall–Kier alpha value is -2.74. The van der Waals surface area contributed by atoms with E-state index in [1.54, 1.807) is 0 Å². The van der Waals surface area contributed by atoms with Crippen LogP contribution >= 0.6 is 23.2 Å². The highest BCUT2D eigenvalue weighted by Gasteiger charge is 2.60. The van der Waals surface area contributed by atoms with Crippen LogP contribution in [-0.2, 0) is 25.0 Å². The molecule has 3 atom stereocenters. The number of oxime groups is 1. The van der Waals surface area contributed by atoms with Crippen molar-refractivity contribution in [3.8, 4) is 0 Å². The lowest BCUT2D eigenvalue weighted by Gasteiger charge is -2.47. The molecule has 0 saturated carbocycles. The number of halogens is 6. The van der Waals surface area contributed by atoms with Gasteiger partial charge in [-0.3, -0.25) is 14.5 Å². The van der Waals surface area contributed by atoms with Crippen molar-refractivity contribution in [2.45, 2.75) is 29.5 Å². The minimum absolute atomic E-state index is 0.0527. The molecule has 2 aromatic rings. The number of hydrogen-bond donors (Lipinski definition) is 1. The SMILES string of the molecule is O=C1c2cc(C3=NOC(c4cc(Cl)cc(Cl)c4F)C3C(F)(F)F)ccc2C2(CNC2)N1C(=O)C1CCS1(=O)=O. The standard InChI is InChI=1S/C24H17Cl2F4N3O5S/c25-11-6-13(18(27)15(26)7-11)20-17(24(28,29)30)19(32-38-20)10-1-2-14-12(5-10)21(34)33(23(14)8-31-9-23)22(35)16-3-4-39(16,36)37/h1-2,5-7,16-17,20,31H,3-4,8-9H2. The zero-order valence-electron chi connectivity index (χ0n) is 19.6. The molecule has 0 bridgehead atoms. The molecule has 4 aliphatic heterocycles. The number of nitrogens with one attached hydrogen (secondary N) is 1. The summed E-state index contributed by atoms with van der Waals surface area (Å²) < 4.78 is 82.0. The van der Waals surface area contributed by atoms with Gasteiger partial charge in [0, 0.05) is 34.8 Å². The number of carbonyl (C=O) groups excluding carboxylic acids is 2. The number of rotatable bonds is 3. The summed E-state index contributed by atoms with van der Waals surface area (Å²) in [5, 5.41) is 4.66. The van der Waals surface area contributed by atoms with Gasteiger partial charge in [0.2, 0.25) is 5.91 Å². The molecule has 6 rings (SSSR count). The number of sulfone groups is 1. The van der Waals surface area contributed by atoms with E-state index in [9.17, 15) is 35.6 Å². The summed E-state index contributed by atoms with van der Waals surface area (Å²) in [5.41, 5.74) is -2.09. The van der Waals surface area contributed by atoms with Crippen LogP contribution in [0.3, 0.4) is 0 Å². The first-order chi connectivity index (χ1) is 18.3. The minimum Gasteiger partial charge on any atom is -0.386 e. The Morgan fingerprint density at radius 1 is 1.18 bits per heavy atom. The Bertz CT molecular complexity index is 1590. The molecule has 2 saturated heterocycles. The Kier molecular flexibility index (Phi) is 5.86. The number of amides is 2. The van der Waals surface area contributed by atoms with Crippen LogP contribution in [0.1, 0.15) is 39.6 Å². The molecular formula is C24H17Cl2F4N3O5S. The third-order valence-electron chi connectivity index (χ3n) is 7.65. The van der Waals surface area contributed by atoms with Crippen molar-refractivity contribution in [2.75, 3.05) is 18.8 Å². The fourth-order valence-electron chi connectivity index (χ4n) is 5.54. The second-order valence-corrected chi connectivity index (χ2v) is 13.0. The average Bonchev–Trinajstić information content (AvgIpc) is 3.38. The first-order valence-corrected chi connectivity index (χ1v) is 14.1. The molecule has 1 N–H and O–H groups in total. The molecule has 4 heterocycles. The predicted octanol–water partition coefficient (Wildman–Crippen LogP) is 3.75. The van der Waals surface area contributed by atoms with Crippen LogP contribution in [0.4, 0.5) is 17.6 Å². The van der Waals surface area contributed by atoms with Crippen molar-refractivity contribution in [3.05, 3.63) is 68.4 Å². The van der Waals surface area contributed by atoms with E-state index in [0.29, 0.717) is 5.56 Å². The zero-order valence-corrected chi connectivity index (χ0v) is 21.9. The van der Waals surface area contributed by atoms with E-state index in [1.807, 2.05) is 0 Å². The van der Waals surface area contributed by atoms with Gasteiger partial charge >= 0.3 is 6.18 Å². The third-order valence-corrected chi connectivity index (χ3v) is 10.3. The quantitative estimate of drug-likeness (QED) is 0.324. The van der Waals surface area contributed by atoms with E-state index in [-0.39, 0.29) is 41.4 Å². The topological polar surface area (TPSA) is 105 Å². The summed E-state index contributed by atoms with van der Waals surface area (Å²) in [6.07, 6.45) is -6.81. The summed E-state index contributed by atoms with van der Waals surface area (Å²) in [7, 11) is -3.67. The molecule has 0 aromatic heterocycles. The van der Waals surface area contributed by atoms with Gasteiger partial charge in [0.15, 0.2) is 15.9 Å². The molecule has 2 aromatic carbocycles. The van der Waals surface area contributed by atoms with Crippen molar-refractivity contribution in [1.82, 2.24) is 10.2 Å². The Morgan fingerprint density at radius 3 is 2.46 bits per heavy atom. The summed E-state index contributed by atoms with van der Waals surface area (Å²) in [6, 6.07) is 5.92. The zero-order chi connectivity index (χ0) is 28.1. The first-order valence-electron chi connectivity index (χ1n) is 11.7. The van der Waals surface area contributed by atoms with E-state index in [4.69, 9.17) is 28.0 Å².